The fourth-order valence-corrected chi connectivity index (χ4v) is 2.42. The number of nitrogen functional groups attached to an aromatic ring is 1. The number of aromatic nitrogens is 1. The monoisotopic (exact) mass is 278 g/mol. The molecule has 0 saturated heterocycles. The van der Waals surface area contributed by atoms with E-state index in [1.165, 1.54) is 25.5 Å². The molecule has 1 amide bonds. The minimum atomic E-state index is -0.174. The predicted octanol–water partition coefficient (Wildman–Crippen LogP) is 1.45. The number of carbonyl (C=O) groups is 1. The molecule has 1 aromatic heterocycles. The van der Waals surface area contributed by atoms with Gasteiger partial charge in [0.1, 0.15) is 0 Å². The second-order valence-corrected chi connectivity index (χ2v) is 4.95. The van der Waals surface area contributed by atoms with Crippen LogP contribution in [-0.2, 0) is 4.74 Å². The molecule has 4 N–H and O–H groups in total. The smallest absolute Gasteiger partial charge is 0.253 e. The maximum atomic E-state index is 12.0. The Balaban J connectivity index is 1.72. The number of pyridine rings is 1. The average Bonchev–Trinajstić information content (AvgIpc) is 2.52. The first-order valence-electron chi connectivity index (χ1n) is 7.11. The summed E-state index contributed by atoms with van der Waals surface area (Å²) in [7, 11) is 0. The van der Waals surface area contributed by atoms with E-state index in [4.69, 9.17) is 10.6 Å². The number of nitrogens with zero attached hydrogens (tertiary/aromatic N) is 1. The van der Waals surface area contributed by atoms with Crippen molar-refractivity contribution in [1.29, 1.82) is 0 Å². The number of ether oxygens (including phenoxy) is 1. The molecule has 1 aliphatic carbocycles. The van der Waals surface area contributed by atoms with Crippen molar-refractivity contribution in [3.63, 3.8) is 0 Å². The van der Waals surface area contributed by atoms with Crippen molar-refractivity contribution in [3.05, 3.63) is 24.0 Å². The summed E-state index contributed by atoms with van der Waals surface area (Å²) in [6.45, 7) is 1.05. The Morgan fingerprint density at radius 2 is 2.20 bits per heavy atom. The lowest BCUT2D eigenvalue weighted by atomic mass is 9.98. The molecule has 110 valence electrons. The van der Waals surface area contributed by atoms with Crippen LogP contribution in [0.3, 0.4) is 0 Å². The molecular formula is C14H22N4O2. The number of anilines is 1. The summed E-state index contributed by atoms with van der Waals surface area (Å²) in [5.41, 5.74) is 3.46. The zero-order chi connectivity index (χ0) is 14.2. The third-order valence-electron chi connectivity index (χ3n) is 3.51. The van der Waals surface area contributed by atoms with Gasteiger partial charge in [0.05, 0.1) is 30.2 Å². The van der Waals surface area contributed by atoms with Crippen LogP contribution in [0.2, 0.25) is 0 Å². The zero-order valence-electron chi connectivity index (χ0n) is 11.6. The van der Waals surface area contributed by atoms with Crippen molar-refractivity contribution in [2.75, 3.05) is 18.6 Å². The SMILES string of the molecule is NNc1cnccc1C(=O)NCCOC1CCCCC1. The molecule has 1 aliphatic rings. The van der Waals surface area contributed by atoms with Gasteiger partial charge in [0.2, 0.25) is 0 Å². The Kier molecular flexibility index (Phi) is 5.76. The van der Waals surface area contributed by atoms with E-state index in [2.05, 4.69) is 15.7 Å². The molecule has 1 heterocycles. The number of nitrogens with one attached hydrogen (secondary N) is 2. The molecule has 20 heavy (non-hydrogen) atoms. The highest BCUT2D eigenvalue weighted by molar-refractivity contribution is 5.99. The van der Waals surface area contributed by atoms with Crippen LogP contribution in [0.5, 0.6) is 0 Å². The summed E-state index contributed by atoms with van der Waals surface area (Å²) >= 11 is 0. The van der Waals surface area contributed by atoms with E-state index in [0.717, 1.165) is 12.8 Å². The predicted molar refractivity (Wildman–Crippen MR) is 77.2 cm³/mol. The largest absolute Gasteiger partial charge is 0.376 e. The van der Waals surface area contributed by atoms with Crippen LogP contribution >= 0.6 is 0 Å². The van der Waals surface area contributed by atoms with Crippen molar-refractivity contribution in [1.82, 2.24) is 10.3 Å². The van der Waals surface area contributed by atoms with Crippen molar-refractivity contribution >= 4 is 11.6 Å². The molecular weight excluding hydrogens is 256 g/mol. The molecule has 1 aromatic rings. The van der Waals surface area contributed by atoms with E-state index in [0.29, 0.717) is 30.5 Å². The Morgan fingerprint density at radius 3 is 2.95 bits per heavy atom. The molecule has 0 aromatic carbocycles. The van der Waals surface area contributed by atoms with Gasteiger partial charge in [0.15, 0.2) is 0 Å². The lowest BCUT2D eigenvalue weighted by Gasteiger charge is -2.22. The fraction of sp³-hybridized carbons (Fsp3) is 0.571. The quantitative estimate of drug-likeness (QED) is 0.416. The second-order valence-electron chi connectivity index (χ2n) is 4.95. The molecule has 0 bridgehead atoms. The summed E-state index contributed by atoms with van der Waals surface area (Å²) in [5.74, 6) is 5.17. The first-order chi connectivity index (χ1) is 9.81. The Labute approximate surface area is 119 Å². The molecule has 0 spiro atoms. The van der Waals surface area contributed by atoms with Gasteiger partial charge < -0.3 is 15.5 Å². The molecule has 0 aliphatic heterocycles. The summed E-state index contributed by atoms with van der Waals surface area (Å²) < 4.78 is 5.76. The van der Waals surface area contributed by atoms with E-state index in [-0.39, 0.29) is 5.91 Å². The van der Waals surface area contributed by atoms with E-state index in [1.807, 2.05) is 0 Å². The second kappa shape index (κ2) is 7.81. The standard InChI is InChI=1S/C14H22N4O2/c15-18-13-10-16-7-6-12(13)14(19)17-8-9-20-11-4-2-1-3-5-11/h6-7,10-11,18H,1-5,8-9,15H2,(H,17,19). The van der Waals surface area contributed by atoms with Crippen LogP contribution in [-0.4, -0.2) is 30.1 Å². The van der Waals surface area contributed by atoms with E-state index in [1.54, 1.807) is 12.3 Å². The fourth-order valence-electron chi connectivity index (χ4n) is 2.42. The first-order valence-corrected chi connectivity index (χ1v) is 7.11. The van der Waals surface area contributed by atoms with Crippen LogP contribution in [0.1, 0.15) is 42.5 Å². The molecule has 0 radical (unpaired) electrons. The van der Waals surface area contributed by atoms with Crippen LogP contribution in [0, 0.1) is 0 Å². The van der Waals surface area contributed by atoms with Gasteiger partial charge in [-0.3, -0.25) is 15.6 Å². The summed E-state index contributed by atoms with van der Waals surface area (Å²) in [6, 6.07) is 1.63. The summed E-state index contributed by atoms with van der Waals surface area (Å²) in [6.07, 6.45) is 9.54. The number of nitrogens with two attached hydrogens (primary N) is 1. The van der Waals surface area contributed by atoms with Gasteiger partial charge in [-0.05, 0) is 18.9 Å². The highest BCUT2D eigenvalue weighted by Crippen LogP contribution is 2.19. The van der Waals surface area contributed by atoms with Gasteiger partial charge in [-0.15, -0.1) is 0 Å². The molecule has 0 unspecified atom stereocenters. The number of hydrazine groups is 1. The minimum Gasteiger partial charge on any atom is -0.376 e. The van der Waals surface area contributed by atoms with Gasteiger partial charge in [-0.1, -0.05) is 19.3 Å². The van der Waals surface area contributed by atoms with E-state index < -0.39 is 0 Å². The van der Waals surface area contributed by atoms with Gasteiger partial charge in [0.25, 0.3) is 5.91 Å². The van der Waals surface area contributed by atoms with E-state index >= 15 is 0 Å². The van der Waals surface area contributed by atoms with Crippen LogP contribution in [0.25, 0.3) is 0 Å². The lowest BCUT2D eigenvalue weighted by molar-refractivity contribution is 0.0299. The Bertz CT molecular complexity index is 433. The van der Waals surface area contributed by atoms with Crippen molar-refractivity contribution in [2.45, 2.75) is 38.2 Å². The number of hydrogen-bond acceptors (Lipinski definition) is 5. The maximum Gasteiger partial charge on any atom is 0.253 e. The van der Waals surface area contributed by atoms with Gasteiger partial charge in [-0.2, -0.15) is 0 Å². The third-order valence-corrected chi connectivity index (χ3v) is 3.51. The molecule has 6 nitrogen and oxygen atoms in total. The van der Waals surface area contributed by atoms with Crippen LogP contribution in [0.4, 0.5) is 5.69 Å². The number of hydrogen-bond donors (Lipinski definition) is 3. The van der Waals surface area contributed by atoms with E-state index in [9.17, 15) is 4.79 Å². The summed E-state index contributed by atoms with van der Waals surface area (Å²) in [4.78, 5) is 15.9. The number of carbonyl (C=O) groups excluding carboxylic acids is 1. The number of amides is 1. The van der Waals surface area contributed by atoms with Crippen molar-refractivity contribution in [3.8, 4) is 0 Å². The zero-order valence-corrected chi connectivity index (χ0v) is 11.6. The summed E-state index contributed by atoms with van der Waals surface area (Å²) in [5, 5.41) is 2.83. The Hall–Kier alpha value is -1.66. The van der Waals surface area contributed by atoms with Crippen LogP contribution in [0.15, 0.2) is 18.5 Å². The number of rotatable bonds is 6. The molecule has 1 saturated carbocycles. The topological polar surface area (TPSA) is 89.3 Å². The lowest BCUT2D eigenvalue weighted by Crippen LogP contribution is -2.30. The van der Waals surface area contributed by atoms with Crippen molar-refractivity contribution in [2.24, 2.45) is 5.84 Å². The maximum absolute atomic E-state index is 12.0. The first kappa shape index (κ1) is 14.7. The molecule has 2 rings (SSSR count). The van der Waals surface area contributed by atoms with Gasteiger partial charge >= 0.3 is 0 Å². The molecule has 1 fully saturated rings. The van der Waals surface area contributed by atoms with Crippen molar-refractivity contribution < 1.29 is 9.53 Å². The highest BCUT2D eigenvalue weighted by Gasteiger charge is 2.14. The Morgan fingerprint density at radius 1 is 1.40 bits per heavy atom. The normalized spacial score (nSPS) is 15.8. The van der Waals surface area contributed by atoms with Gasteiger partial charge in [-0.25, -0.2) is 0 Å². The molecule has 6 heteroatoms. The van der Waals surface area contributed by atoms with Crippen LogP contribution < -0.4 is 16.6 Å². The average molecular weight is 278 g/mol. The third kappa shape index (κ3) is 4.18. The highest BCUT2D eigenvalue weighted by atomic mass is 16.5. The molecule has 0 atom stereocenters. The minimum absolute atomic E-state index is 0.174. The van der Waals surface area contributed by atoms with Gasteiger partial charge in [0, 0.05) is 12.7 Å².